The third-order valence-corrected chi connectivity index (χ3v) is 3.91. The van der Waals surface area contributed by atoms with E-state index in [4.69, 9.17) is 4.74 Å². The van der Waals surface area contributed by atoms with Gasteiger partial charge in [0.15, 0.2) is 0 Å². The standard InChI is InChI=1S/C14H26N4O/c1-10(2)13(14-17-15-9-18(14)4)16-11(3)12-7-5-6-8-19-12/h9-13,16H,5-8H2,1-4H3/t11-,12+,13-/m0/s1. The molecule has 2 heterocycles. The molecule has 1 aliphatic heterocycles. The van der Waals surface area contributed by atoms with Crippen molar-refractivity contribution in [2.45, 2.75) is 58.2 Å². The van der Waals surface area contributed by atoms with Gasteiger partial charge in [0.2, 0.25) is 0 Å². The van der Waals surface area contributed by atoms with Crippen molar-refractivity contribution in [3.63, 3.8) is 0 Å². The number of hydrogen-bond donors (Lipinski definition) is 1. The molecule has 0 bridgehead atoms. The van der Waals surface area contributed by atoms with Crippen LogP contribution in [0.15, 0.2) is 6.33 Å². The summed E-state index contributed by atoms with van der Waals surface area (Å²) in [6, 6.07) is 0.553. The molecule has 0 aliphatic carbocycles. The lowest BCUT2D eigenvalue weighted by Crippen LogP contribution is -2.44. The summed E-state index contributed by atoms with van der Waals surface area (Å²) < 4.78 is 7.85. The van der Waals surface area contributed by atoms with E-state index in [0.29, 0.717) is 18.1 Å². The fraction of sp³-hybridized carbons (Fsp3) is 0.857. The molecule has 0 radical (unpaired) electrons. The normalized spacial score (nSPS) is 23.5. The average Bonchev–Trinajstić information content (AvgIpc) is 2.82. The van der Waals surface area contributed by atoms with Gasteiger partial charge in [0.25, 0.3) is 0 Å². The van der Waals surface area contributed by atoms with Gasteiger partial charge in [-0.2, -0.15) is 0 Å². The molecule has 0 unspecified atom stereocenters. The zero-order valence-electron chi connectivity index (χ0n) is 12.5. The third-order valence-electron chi connectivity index (χ3n) is 3.91. The maximum Gasteiger partial charge on any atom is 0.149 e. The Balaban J connectivity index is 2.02. The third kappa shape index (κ3) is 3.54. The van der Waals surface area contributed by atoms with Crippen molar-refractivity contribution in [1.29, 1.82) is 0 Å². The van der Waals surface area contributed by atoms with Gasteiger partial charge in [-0.05, 0) is 32.1 Å². The first-order valence-corrected chi connectivity index (χ1v) is 7.31. The summed E-state index contributed by atoms with van der Waals surface area (Å²) in [4.78, 5) is 0. The minimum Gasteiger partial charge on any atom is -0.377 e. The lowest BCUT2D eigenvalue weighted by Gasteiger charge is -2.32. The Hall–Kier alpha value is -0.940. The number of aromatic nitrogens is 3. The molecule has 5 heteroatoms. The SMILES string of the molecule is CC(C)[C@H](N[C@@H](C)[C@H]1CCCCO1)c1nncn1C. The molecule has 0 saturated carbocycles. The van der Waals surface area contributed by atoms with Crippen molar-refractivity contribution >= 4 is 0 Å². The van der Waals surface area contributed by atoms with E-state index in [2.05, 4.69) is 36.3 Å². The van der Waals surface area contributed by atoms with Crippen LogP contribution in [0.3, 0.4) is 0 Å². The van der Waals surface area contributed by atoms with E-state index in [1.165, 1.54) is 12.8 Å². The topological polar surface area (TPSA) is 52.0 Å². The second kappa shape index (κ2) is 6.48. The lowest BCUT2D eigenvalue weighted by molar-refractivity contribution is -0.00760. The van der Waals surface area contributed by atoms with Crippen molar-refractivity contribution in [3.05, 3.63) is 12.2 Å². The predicted octanol–water partition coefficient (Wildman–Crippen LogP) is 2.06. The van der Waals surface area contributed by atoms with Crippen LogP contribution < -0.4 is 5.32 Å². The van der Waals surface area contributed by atoms with Crippen molar-refractivity contribution in [1.82, 2.24) is 20.1 Å². The lowest BCUT2D eigenvalue weighted by atomic mass is 9.98. The largest absolute Gasteiger partial charge is 0.377 e. The summed E-state index contributed by atoms with van der Waals surface area (Å²) in [5.41, 5.74) is 0. The number of nitrogens with zero attached hydrogens (tertiary/aromatic N) is 3. The van der Waals surface area contributed by atoms with Gasteiger partial charge >= 0.3 is 0 Å². The summed E-state index contributed by atoms with van der Waals surface area (Å²) in [6.07, 6.45) is 5.70. The molecule has 1 aromatic rings. The van der Waals surface area contributed by atoms with Crippen molar-refractivity contribution in [2.75, 3.05) is 6.61 Å². The Morgan fingerprint density at radius 2 is 2.16 bits per heavy atom. The molecule has 1 N–H and O–H groups in total. The van der Waals surface area contributed by atoms with E-state index < -0.39 is 0 Å². The maximum absolute atomic E-state index is 5.86. The highest BCUT2D eigenvalue weighted by Crippen LogP contribution is 2.23. The van der Waals surface area contributed by atoms with Gasteiger partial charge in [-0.1, -0.05) is 13.8 Å². The molecule has 1 fully saturated rings. The highest BCUT2D eigenvalue weighted by Gasteiger charge is 2.27. The van der Waals surface area contributed by atoms with E-state index in [0.717, 1.165) is 18.9 Å². The molecule has 1 aliphatic rings. The van der Waals surface area contributed by atoms with Gasteiger partial charge in [-0.3, -0.25) is 0 Å². The van der Waals surface area contributed by atoms with Crippen LogP contribution in [0.1, 0.15) is 51.9 Å². The Bertz CT molecular complexity index is 385. The zero-order chi connectivity index (χ0) is 13.8. The van der Waals surface area contributed by atoms with Crippen LogP contribution in [0.2, 0.25) is 0 Å². The van der Waals surface area contributed by atoms with Gasteiger partial charge in [0, 0.05) is 19.7 Å². The van der Waals surface area contributed by atoms with Gasteiger partial charge in [-0.25, -0.2) is 0 Å². The molecule has 1 saturated heterocycles. The molecule has 2 rings (SSSR count). The van der Waals surface area contributed by atoms with Crippen LogP contribution in [-0.2, 0) is 11.8 Å². The van der Waals surface area contributed by atoms with Crippen molar-refractivity contribution in [2.24, 2.45) is 13.0 Å². The summed E-state index contributed by atoms with van der Waals surface area (Å²) in [7, 11) is 1.99. The van der Waals surface area contributed by atoms with Crippen LogP contribution in [-0.4, -0.2) is 33.5 Å². The molecular formula is C14H26N4O. The molecule has 1 aromatic heterocycles. The van der Waals surface area contributed by atoms with Crippen LogP contribution in [0.25, 0.3) is 0 Å². The summed E-state index contributed by atoms with van der Waals surface area (Å²) in [5, 5.41) is 11.9. The number of hydrogen-bond acceptors (Lipinski definition) is 4. The van der Waals surface area contributed by atoms with Gasteiger partial charge < -0.3 is 14.6 Å². The molecule has 108 valence electrons. The Kier molecular flexibility index (Phi) is 4.93. The number of aryl methyl sites for hydroxylation is 1. The zero-order valence-corrected chi connectivity index (χ0v) is 12.5. The fourth-order valence-corrected chi connectivity index (χ4v) is 2.69. The highest BCUT2D eigenvalue weighted by atomic mass is 16.5. The summed E-state index contributed by atoms with van der Waals surface area (Å²) in [5.74, 6) is 1.46. The highest BCUT2D eigenvalue weighted by molar-refractivity contribution is 4.97. The predicted molar refractivity (Wildman–Crippen MR) is 74.8 cm³/mol. The van der Waals surface area contributed by atoms with Crippen molar-refractivity contribution in [3.8, 4) is 0 Å². The Morgan fingerprint density at radius 3 is 2.68 bits per heavy atom. The molecule has 5 nitrogen and oxygen atoms in total. The monoisotopic (exact) mass is 266 g/mol. The average molecular weight is 266 g/mol. The number of rotatable bonds is 5. The van der Waals surface area contributed by atoms with E-state index >= 15 is 0 Å². The smallest absolute Gasteiger partial charge is 0.149 e. The van der Waals surface area contributed by atoms with E-state index in [1.54, 1.807) is 6.33 Å². The minimum atomic E-state index is 0.216. The fourth-order valence-electron chi connectivity index (χ4n) is 2.69. The van der Waals surface area contributed by atoms with Gasteiger partial charge in [0.1, 0.15) is 12.2 Å². The van der Waals surface area contributed by atoms with E-state index in [1.807, 2.05) is 11.6 Å². The quantitative estimate of drug-likeness (QED) is 0.886. The van der Waals surface area contributed by atoms with Crippen LogP contribution in [0, 0.1) is 5.92 Å². The number of ether oxygens (including phenoxy) is 1. The minimum absolute atomic E-state index is 0.216. The Labute approximate surface area is 115 Å². The number of nitrogens with one attached hydrogen (secondary N) is 1. The summed E-state index contributed by atoms with van der Waals surface area (Å²) >= 11 is 0. The maximum atomic E-state index is 5.86. The first-order valence-electron chi connectivity index (χ1n) is 7.31. The summed E-state index contributed by atoms with van der Waals surface area (Å²) in [6.45, 7) is 7.52. The molecule has 19 heavy (non-hydrogen) atoms. The molecule has 0 aromatic carbocycles. The van der Waals surface area contributed by atoms with E-state index in [9.17, 15) is 0 Å². The van der Waals surface area contributed by atoms with Crippen LogP contribution in [0.5, 0.6) is 0 Å². The first kappa shape index (κ1) is 14.5. The first-order chi connectivity index (χ1) is 9.09. The second-order valence-electron chi connectivity index (χ2n) is 5.88. The van der Waals surface area contributed by atoms with Gasteiger partial charge in [-0.15, -0.1) is 10.2 Å². The van der Waals surface area contributed by atoms with Gasteiger partial charge in [0.05, 0.1) is 12.1 Å². The Morgan fingerprint density at radius 1 is 1.37 bits per heavy atom. The molecule has 0 amide bonds. The molecule has 3 atom stereocenters. The van der Waals surface area contributed by atoms with Crippen LogP contribution >= 0.6 is 0 Å². The molecular weight excluding hydrogens is 240 g/mol. The second-order valence-corrected chi connectivity index (χ2v) is 5.88. The van der Waals surface area contributed by atoms with E-state index in [-0.39, 0.29) is 6.04 Å². The van der Waals surface area contributed by atoms with Crippen molar-refractivity contribution < 1.29 is 4.74 Å². The van der Waals surface area contributed by atoms with Crippen LogP contribution in [0.4, 0.5) is 0 Å². The molecule has 0 spiro atoms.